The average Bonchev–Trinajstić information content (AvgIpc) is 1.63. The quantitative estimate of drug-likeness (QED) is 0.0167. The fraction of sp³-hybridized carbons (Fsp3) is 0.600. The third-order valence-corrected chi connectivity index (χ3v) is 17.1. The van der Waals surface area contributed by atoms with Crippen molar-refractivity contribution in [2.45, 2.75) is 177 Å². The van der Waals surface area contributed by atoms with Gasteiger partial charge in [0.05, 0.1) is 25.5 Å². The molecule has 1 aromatic carbocycles. The van der Waals surface area contributed by atoms with Gasteiger partial charge in [0.2, 0.25) is 76.8 Å². The molecule has 1 fully saturated rings. The summed E-state index contributed by atoms with van der Waals surface area (Å²) in [6.07, 6.45) is 2.95. The Labute approximate surface area is 573 Å². The highest BCUT2D eigenvalue weighted by atomic mass is 32.2. The van der Waals surface area contributed by atoms with Crippen molar-refractivity contribution in [3.63, 3.8) is 0 Å². The number of H-pyrrole nitrogens is 1. The Morgan fingerprint density at radius 3 is 1.70 bits per heavy atom. The fourth-order valence-corrected chi connectivity index (χ4v) is 11.1. The van der Waals surface area contributed by atoms with Crippen LogP contribution < -0.4 is 81.8 Å². The Hall–Kier alpha value is -9.30. The van der Waals surface area contributed by atoms with Crippen LogP contribution in [0.15, 0.2) is 35.5 Å². The minimum absolute atomic E-state index is 0.0173. The number of para-hydroxylation sites is 1. The van der Waals surface area contributed by atoms with Crippen LogP contribution in [0.3, 0.4) is 0 Å². The summed E-state index contributed by atoms with van der Waals surface area (Å²) < 4.78 is 0. The van der Waals surface area contributed by atoms with Crippen LogP contribution in [0.2, 0.25) is 0 Å². The standard InChI is InChI=1S/C60H94N18O18S2/c1-7-29(2)47(77-49(85)34(61)13-10-20-66-60(64)65)57(93)75-41(26-45(63)81)54(90)73-40(25-44(62)80)52(88)69-31(4)58(94)78-21-11-15-43(78)56(92)74-39(24-32-27-67-35-14-9-8-12-33(32)35)53(89)76-42(28-79)55(91)71-36(16-17-46(82)83)50(86)68-30(3)48(84)70-37(18-22-97-5)51(87)72-38(59(95)96)19-23-98-6/h8-9,12,14,27,29-31,34,36-43,47,67,79H,7,10-11,13,15-26,28,61H2,1-6H3,(H2,62,80)(H2,63,81)(H,68,86)(H,69,88)(H,70,84)(H,71,91)(H,72,87)(H,73,90)(H,74,92)(H,75,93)(H,76,89)(H,77,85)(H,82,83)(H,95,96)(H4,64,65,66)/t29-,30-,31+,34-,36-,37-,38-,39-,40-,41-,42-,43-,47-/m0/s1. The van der Waals surface area contributed by atoms with E-state index in [0.717, 1.165) is 4.90 Å². The van der Waals surface area contributed by atoms with Crippen LogP contribution in [0.1, 0.15) is 104 Å². The molecule has 1 aromatic heterocycles. The fourth-order valence-electron chi connectivity index (χ4n) is 10.1. The molecule has 13 amide bonds. The number of aromatic nitrogens is 1. The number of nitrogens with two attached hydrogens (primary N) is 5. The van der Waals surface area contributed by atoms with Gasteiger partial charge in [0.15, 0.2) is 5.96 Å². The molecular formula is C60H94N18O18S2. The number of hydrogen-bond acceptors (Lipinski definition) is 20. The van der Waals surface area contributed by atoms with Gasteiger partial charge in [0.25, 0.3) is 0 Å². The first-order chi connectivity index (χ1) is 46.3. The summed E-state index contributed by atoms with van der Waals surface area (Å²) in [6.45, 7) is 4.78. The second-order valence-electron chi connectivity index (χ2n) is 23.4. The number of carbonyl (C=O) groups excluding carboxylic acids is 13. The van der Waals surface area contributed by atoms with Crippen LogP contribution in [0.5, 0.6) is 0 Å². The van der Waals surface area contributed by atoms with E-state index < -0.39 is 199 Å². The number of carboxylic acids is 2. The first-order valence-corrected chi connectivity index (χ1v) is 34.4. The van der Waals surface area contributed by atoms with Crippen LogP contribution >= 0.6 is 23.5 Å². The highest BCUT2D eigenvalue weighted by Crippen LogP contribution is 2.22. The molecule has 2 heterocycles. The number of likely N-dealkylation sites (tertiary alicyclic amines) is 1. The zero-order valence-corrected chi connectivity index (χ0v) is 57.1. The maximum Gasteiger partial charge on any atom is 0.326 e. The van der Waals surface area contributed by atoms with Crippen molar-refractivity contribution in [1.29, 1.82) is 0 Å². The van der Waals surface area contributed by atoms with Crippen molar-refractivity contribution < 1.29 is 87.2 Å². The minimum atomic E-state index is -1.89. The summed E-state index contributed by atoms with van der Waals surface area (Å²) in [5, 5.41) is 54.6. The molecule has 3 rings (SSSR count). The summed E-state index contributed by atoms with van der Waals surface area (Å²) in [6, 6.07) is -11.1. The van der Waals surface area contributed by atoms with Crippen LogP contribution in [0.4, 0.5) is 0 Å². The van der Waals surface area contributed by atoms with Gasteiger partial charge in [-0.3, -0.25) is 72.1 Å². The Bertz CT molecular complexity index is 3190. The molecule has 2 aromatic rings. The Morgan fingerprint density at radius 2 is 1.12 bits per heavy atom. The number of thioether (sulfide) groups is 2. The number of hydrogen-bond donors (Lipinski definition) is 19. The highest BCUT2D eigenvalue weighted by molar-refractivity contribution is 7.98. The van der Waals surface area contributed by atoms with Crippen molar-refractivity contribution in [3.8, 4) is 0 Å². The molecule has 24 N–H and O–H groups in total. The SMILES string of the molecule is CC[C@H](C)[C@H](NC(=O)[C@@H](N)CCCN=C(N)N)C(=O)N[C@@H](CC(N)=O)C(=O)N[C@@H](CC(N)=O)C(=O)N[C@H](C)C(=O)N1CCC[C@H]1C(=O)N[C@@H](Cc1c[nH]c2ccccc12)C(=O)N[C@@H](CO)C(=O)N[C@@H](CCC(=O)O)C(=O)N[C@@H](C)C(=O)N[C@@H](CCSC)C(=O)N[C@@H](CCSC)C(=O)O. The predicted molar refractivity (Wildman–Crippen MR) is 360 cm³/mol. The van der Waals surface area contributed by atoms with E-state index >= 15 is 0 Å². The number of carboxylic acid groups (broad SMARTS) is 2. The van der Waals surface area contributed by atoms with Gasteiger partial charge in [-0.2, -0.15) is 23.5 Å². The molecule has 98 heavy (non-hydrogen) atoms. The molecule has 0 bridgehead atoms. The summed E-state index contributed by atoms with van der Waals surface area (Å²) in [5.41, 5.74) is 28.8. The van der Waals surface area contributed by atoms with E-state index in [1.165, 1.54) is 37.4 Å². The Balaban J connectivity index is 1.84. The summed E-state index contributed by atoms with van der Waals surface area (Å²) in [7, 11) is 0. The zero-order chi connectivity index (χ0) is 73.5. The molecule has 544 valence electrons. The van der Waals surface area contributed by atoms with E-state index in [1.54, 1.807) is 56.8 Å². The maximum atomic E-state index is 14.5. The van der Waals surface area contributed by atoms with E-state index in [-0.39, 0.29) is 57.6 Å². The van der Waals surface area contributed by atoms with Crippen LogP contribution in [-0.4, -0.2) is 236 Å². The van der Waals surface area contributed by atoms with Crippen molar-refractivity contribution in [2.75, 3.05) is 43.7 Å². The number of rotatable bonds is 44. The van der Waals surface area contributed by atoms with Gasteiger partial charge in [-0.25, -0.2) is 4.79 Å². The first-order valence-electron chi connectivity index (χ1n) is 31.6. The lowest BCUT2D eigenvalue weighted by Crippen LogP contribution is -2.61. The number of nitrogens with one attached hydrogen (secondary N) is 11. The number of aliphatic hydroxyl groups excluding tert-OH is 1. The van der Waals surface area contributed by atoms with Crippen molar-refractivity contribution in [1.82, 2.24) is 63.1 Å². The monoisotopic (exact) mass is 1420 g/mol. The molecule has 1 aliphatic rings. The molecule has 0 radical (unpaired) electrons. The Morgan fingerprint density at radius 1 is 0.612 bits per heavy atom. The Kier molecular flexibility index (Phi) is 35.3. The molecule has 0 saturated carbocycles. The largest absolute Gasteiger partial charge is 0.481 e. The minimum Gasteiger partial charge on any atom is -0.481 e. The van der Waals surface area contributed by atoms with Gasteiger partial charge in [-0.05, 0) is 100 Å². The molecular weight excluding hydrogens is 1320 g/mol. The number of aliphatic imine (C=N–C) groups is 1. The number of carbonyl (C=O) groups is 15. The number of nitrogens with zero attached hydrogens (tertiary/aromatic N) is 2. The van der Waals surface area contributed by atoms with Gasteiger partial charge in [0.1, 0.15) is 66.5 Å². The summed E-state index contributed by atoms with van der Waals surface area (Å²) in [4.78, 5) is 209. The van der Waals surface area contributed by atoms with Gasteiger partial charge in [-0.15, -0.1) is 0 Å². The van der Waals surface area contributed by atoms with Crippen LogP contribution in [-0.2, 0) is 78.3 Å². The summed E-state index contributed by atoms with van der Waals surface area (Å²) >= 11 is 2.70. The number of aliphatic carboxylic acids is 2. The smallest absolute Gasteiger partial charge is 0.326 e. The van der Waals surface area contributed by atoms with Gasteiger partial charge < -0.3 is 107 Å². The lowest BCUT2D eigenvalue weighted by atomic mass is 9.97. The normalized spacial score (nSPS) is 16.3. The van der Waals surface area contributed by atoms with Gasteiger partial charge >= 0.3 is 11.9 Å². The van der Waals surface area contributed by atoms with E-state index in [9.17, 15) is 87.2 Å². The lowest BCUT2D eigenvalue weighted by molar-refractivity contribution is -0.142. The third-order valence-electron chi connectivity index (χ3n) is 15.8. The van der Waals surface area contributed by atoms with Gasteiger partial charge in [-0.1, -0.05) is 38.5 Å². The van der Waals surface area contributed by atoms with Crippen molar-refractivity contribution in [2.24, 2.45) is 39.6 Å². The van der Waals surface area contributed by atoms with Crippen molar-refractivity contribution >= 4 is 129 Å². The molecule has 1 saturated heterocycles. The zero-order valence-electron chi connectivity index (χ0n) is 55.5. The molecule has 1 aliphatic heterocycles. The number of primary amides is 2. The molecule has 38 heteroatoms. The number of benzene rings is 1. The number of guanidine groups is 1. The lowest BCUT2D eigenvalue weighted by Gasteiger charge is -2.30. The van der Waals surface area contributed by atoms with E-state index in [0.29, 0.717) is 40.8 Å². The topological polar surface area (TPSA) is 599 Å². The number of fused-ring (bicyclic) bond motifs is 1. The molecule has 0 aliphatic carbocycles. The molecule has 36 nitrogen and oxygen atoms in total. The predicted octanol–water partition coefficient (Wildman–Crippen LogP) is -5.79. The highest BCUT2D eigenvalue weighted by Gasteiger charge is 2.41. The number of aliphatic hydroxyl groups is 1. The van der Waals surface area contributed by atoms with E-state index in [1.807, 2.05) is 0 Å². The van der Waals surface area contributed by atoms with Gasteiger partial charge in [0, 0.05) is 43.0 Å². The number of amides is 13. The second-order valence-corrected chi connectivity index (χ2v) is 25.4. The summed E-state index contributed by atoms with van der Waals surface area (Å²) in [5.74, 6) is -15.7. The van der Waals surface area contributed by atoms with Crippen LogP contribution in [0.25, 0.3) is 10.9 Å². The van der Waals surface area contributed by atoms with Crippen LogP contribution in [0, 0.1) is 5.92 Å². The van der Waals surface area contributed by atoms with E-state index in [2.05, 4.69) is 63.1 Å². The van der Waals surface area contributed by atoms with Crippen molar-refractivity contribution in [3.05, 3.63) is 36.0 Å². The average molecular weight is 1420 g/mol. The van der Waals surface area contributed by atoms with E-state index in [4.69, 9.17) is 28.7 Å². The third kappa shape index (κ3) is 27.3. The molecule has 13 atom stereocenters. The number of aromatic amines is 1. The first kappa shape index (κ1) is 82.9. The molecule has 0 spiro atoms. The second kappa shape index (κ2) is 41.7. The maximum absolute atomic E-state index is 14.5. The molecule has 0 unspecified atom stereocenters.